The molecule has 1 aromatic rings. The molecule has 0 aliphatic heterocycles. The third kappa shape index (κ3) is 5.06. The Labute approximate surface area is 131 Å². The van der Waals surface area contributed by atoms with Gasteiger partial charge in [0.05, 0.1) is 5.92 Å². The topological polar surface area (TPSA) is 77.8 Å². The Bertz CT molecular complexity index is 527. The van der Waals surface area contributed by atoms with Crippen molar-refractivity contribution in [3.63, 3.8) is 0 Å². The van der Waals surface area contributed by atoms with Gasteiger partial charge in [0.1, 0.15) is 0 Å². The van der Waals surface area contributed by atoms with E-state index in [0.29, 0.717) is 19.5 Å². The summed E-state index contributed by atoms with van der Waals surface area (Å²) in [6, 6.07) is 6.04. The van der Waals surface area contributed by atoms with Gasteiger partial charge in [-0.25, -0.2) is 0 Å². The van der Waals surface area contributed by atoms with E-state index in [1.54, 1.807) is 6.92 Å². The van der Waals surface area contributed by atoms with Crippen molar-refractivity contribution in [1.29, 1.82) is 0 Å². The van der Waals surface area contributed by atoms with Crippen molar-refractivity contribution >= 4 is 17.6 Å². The van der Waals surface area contributed by atoms with Gasteiger partial charge in [0.25, 0.3) is 0 Å². The molecule has 22 heavy (non-hydrogen) atoms. The summed E-state index contributed by atoms with van der Waals surface area (Å²) in [5, 5.41) is 18.0. The van der Waals surface area contributed by atoms with Gasteiger partial charge in [0, 0.05) is 25.2 Å². The Morgan fingerprint density at radius 3 is 2.50 bits per heavy atom. The van der Waals surface area contributed by atoms with Crippen LogP contribution in [-0.4, -0.2) is 35.2 Å². The summed E-state index contributed by atoms with van der Waals surface area (Å²) in [4.78, 5) is 23.9. The molecule has 0 bridgehead atoms. The average molecular weight is 307 g/mol. The quantitative estimate of drug-likeness (QED) is 0.733. The molecule has 122 valence electrons. The first-order valence-electron chi connectivity index (χ1n) is 7.64. The number of anilines is 1. The molecule has 2 N–H and O–H groups in total. The number of benzene rings is 1. The zero-order chi connectivity index (χ0) is 16.7. The van der Waals surface area contributed by atoms with E-state index in [1.165, 1.54) is 0 Å². The normalized spacial score (nSPS) is 12.0. The molecule has 1 rings (SSSR count). The van der Waals surface area contributed by atoms with Crippen LogP contribution >= 0.6 is 0 Å². The van der Waals surface area contributed by atoms with E-state index in [9.17, 15) is 9.59 Å². The first-order chi connectivity index (χ1) is 10.4. The molecule has 1 unspecified atom stereocenters. The van der Waals surface area contributed by atoms with Crippen LogP contribution in [-0.2, 0) is 16.0 Å². The van der Waals surface area contributed by atoms with E-state index >= 15 is 0 Å². The fourth-order valence-corrected chi connectivity index (χ4v) is 2.58. The molecule has 0 radical (unpaired) electrons. The van der Waals surface area contributed by atoms with Crippen LogP contribution in [0.5, 0.6) is 0 Å². The van der Waals surface area contributed by atoms with Crippen LogP contribution in [0.4, 0.5) is 5.69 Å². The van der Waals surface area contributed by atoms with Crippen molar-refractivity contribution in [3.05, 3.63) is 29.3 Å². The minimum Gasteiger partial charge on any atom is -0.481 e. The molecule has 0 saturated carbocycles. The van der Waals surface area contributed by atoms with Gasteiger partial charge in [-0.3, -0.25) is 9.59 Å². The lowest BCUT2D eigenvalue weighted by Crippen LogP contribution is -2.34. The number of hydrogen-bond acceptors (Lipinski definition) is 3. The van der Waals surface area contributed by atoms with Crippen molar-refractivity contribution in [1.82, 2.24) is 0 Å². The highest BCUT2D eigenvalue weighted by atomic mass is 16.4. The molecule has 0 amide bonds. The minimum absolute atomic E-state index is 0.0886. The van der Waals surface area contributed by atoms with Crippen LogP contribution in [0, 0.1) is 12.8 Å². The average Bonchev–Trinajstić information content (AvgIpc) is 2.45. The van der Waals surface area contributed by atoms with E-state index in [4.69, 9.17) is 10.2 Å². The fourth-order valence-electron chi connectivity index (χ4n) is 2.58. The monoisotopic (exact) mass is 307 g/mol. The standard InChI is InChI=1S/C17H25NO4/c1-4-14-8-5-7-12(2)16(14)18(10-6-9-15(19)20)11-13(3)17(21)22/h5,7-8,13H,4,6,9-11H2,1-3H3,(H,19,20)(H,21,22). The van der Waals surface area contributed by atoms with Gasteiger partial charge in [-0.2, -0.15) is 0 Å². The number of carboxylic acid groups (broad SMARTS) is 2. The number of nitrogens with zero attached hydrogens (tertiary/aromatic N) is 1. The number of aliphatic carboxylic acids is 2. The van der Waals surface area contributed by atoms with E-state index in [0.717, 1.165) is 23.2 Å². The zero-order valence-corrected chi connectivity index (χ0v) is 13.5. The van der Waals surface area contributed by atoms with E-state index < -0.39 is 17.9 Å². The summed E-state index contributed by atoms with van der Waals surface area (Å²) in [6.07, 6.45) is 1.44. The molecular formula is C17H25NO4. The van der Waals surface area contributed by atoms with Crippen molar-refractivity contribution in [2.75, 3.05) is 18.0 Å². The van der Waals surface area contributed by atoms with Gasteiger partial charge in [-0.05, 0) is 30.9 Å². The Hall–Kier alpha value is -2.04. The summed E-state index contributed by atoms with van der Waals surface area (Å²) in [6.45, 7) is 6.67. The second-order valence-electron chi connectivity index (χ2n) is 5.62. The minimum atomic E-state index is -0.838. The molecular weight excluding hydrogens is 282 g/mol. The highest BCUT2D eigenvalue weighted by Gasteiger charge is 2.19. The summed E-state index contributed by atoms with van der Waals surface area (Å²) < 4.78 is 0. The third-order valence-electron chi connectivity index (χ3n) is 3.75. The molecule has 5 heteroatoms. The maximum absolute atomic E-state index is 11.2. The summed E-state index contributed by atoms with van der Waals surface area (Å²) in [7, 11) is 0. The largest absolute Gasteiger partial charge is 0.481 e. The number of hydrogen-bond donors (Lipinski definition) is 2. The Balaban J connectivity index is 3.02. The van der Waals surface area contributed by atoms with Crippen molar-refractivity contribution in [3.8, 4) is 0 Å². The summed E-state index contributed by atoms with van der Waals surface area (Å²) >= 11 is 0. The van der Waals surface area contributed by atoms with E-state index in [2.05, 4.69) is 6.92 Å². The Kier molecular flexibility index (Phi) is 6.89. The van der Waals surface area contributed by atoms with Gasteiger partial charge in [-0.1, -0.05) is 32.0 Å². The lowest BCUT2D eigenvalue weighted by atomic mass is 10.0. The van der Waals surface area contributed by atoms with Gasteiger partial charge >= 0.3 is 11.9 Å². The first-order valence-corrected chi connectivity index (χ1v) is 7.64. The molecule has 0 heterocycles. The maximum atomic E-state index is 11.2. The lowest BCUT2D eigenvalue weighted by Gasteiger charge is -2.30. The predicted molar refractivity (Wildman–Crippen MR) is 86.4 cm³/mol. The van der Waals surface area contributed by atoms with Crippen LogP contribution in [0.15, 0.2) is 18.2 Å². The second kappa shape index (κ2) is 8.41. The SMILES string of the molecule is CCc1cccc(C)c1N(CCCC(=O)O)CC(C)C(=O)O. The van der Waals surface area contributed by atoms with Crippen LogP contribution < -0.4 is 4.90 Å². The number of carboxylic acids is 2. The number of aryl methyl sites for hydroxylation is 2. The van der Waals surface area contributed by atoms with Crippen LogP contribution in [0.2, 0.25) is 0 Å². The van der Waals surface area contributed by atoms with E-state index in [-0.39, 0.29) is 6.42 Å². The molecule has 0 saturated heterocycles. The Morgan fingerprint density at radius 1 is 1.27 bits per heavy atom. The molecule has 1 aromatic carbocycles. The van der Waals surface area contributed by atoms with Crippen LogP contribution in [0.3, 0.4) is 0 Å². The van der Waals surface area contributed by atoms with Crippen molar-refractivity contribution in [2.45, 2.75) is 40.0 Å². The van der Waals surface area contributed by atoms with Crippen LogP contribution in [0.1, 0.15) is 37.8 Å². The molecule has 0 aliphatic carbocycles. The molecule has 0 spiro atoms. The number of rotatable bonds is 9. The molecule has 5 nitrogen and oxygen atoms in total. The van der Waals surface area contributed by atoms with Crippen molar-refractivity contribution < 1.29 is 19.8 Å². The highest BCUT2D eigenvalue weighted by molar-refractivity contribution is 5.71. The second-order valence-corrected chi connectivity index (χ2v) is 5.62. The number of para-hydroxylation sites is 1. The highest BCUT2D eigenvalue weighted by Crippen LogP contribution is 2.27. The summed E-state index contributed by atoms with van der Waals surface area (Å²) in [5.41, 5.74) is 3.30. The van der Waals surface area contributed by atoms with Crippen LogP contribution in [0.25, 0.3) is 0 Å². The smallest absolute Gasteiger partial charge is 0.308 e. The van der Waals surface area contributed by atoms with Gasteiger partial charge in [-0.15, -0.1) is 0 Å². The molecule has 1 atom stereocenters. The lowest BCUT2D eigenvalue weighted by molar-refractivity contribution is -0.141. The third-order valence-corrected chi connectivity index (χ3v) is 3.75. The maximum Gasteiger partial charge on any atom is 0.308 e. The molecule has 0 aromatic heterocycles. The fraction of sp³-hybridized carbons (Fsp3) is 0.529. The van der Waals surface area contributed by atoms with Gasteiger partial charge < -0.3 is 15.1 Å². The molecule has 0 aliphatic rings. The summed E-state index contributed by atoms with van der Waals surface area (Å²) in [5.74, 6) is -2.17. The van der Waals surface area contributed by atoms with Gasteiger partial charge in [0.15, 0.2) is 0 Å². The first kappa shape index (κ1) is 18.0. The predicted octanol–water partition coefficient (Wildman–Crippen LogP) is 2.95. The van der Waals surface area contributed by atoms with Crippen molar-refractivity contribution in [2.24, 2.45) is 5.92 Å². The van der Waals surface area contributed by atoms with E-state index in [1.807, 2.05) is 30.0 Å². The zero-order valence-electron chi connectivity index (χ0n) is 13.5. The Morgan fingerprint density at radius 2 is 1.95 bits per heavy atom. The molecule has 0 fully saturated rings. The number of carbonyl (C=O) groups is 2. The van der Waals surface area contributed by atoms with Gasteiger partial charge in [0.2, 0.25) is 0 Å².